The molecule has 2 aromatic heterocycles. The van der Waals surface area contributed by atoms with Crippen molar-refractivity contribution in [2.75, 3.05) is 38.0 Å². The maximum Gasteiger partial charge on any atom is 0.223 e. The standard InChI is InChI=1S/C24H34N6O/c1-18-5-4-11-29(17-18)12-9-23(31)30-13-7-20(8-14-30)21-15-25-16-22(27-21)28-24-19(2)6-3-10-26-24/h3,6,10,15-16,18,20H,4-5,7-9,11-14,17H2,1-2H3,(H,26,27,28). The van der Waals surface area contributed by atoms with Crippen LogP contribution in [0, 0.1) is 12.8 Å². The monoisotopic (exact) mass is 422 g/mol. The molecule has 4 heterocycles. The molecule has 0 bridgehead atoms. The first-order chi connectivity index (χ1) is 15.1. The number of nitrogens with zero attached hydrogens (tertiary/aromatic N) is 5. The molecule has 0 aliphatic carbocycles. The predicted octanol–water partition coefficient (Wildman–Crippen LogP) is 3.75. The van der Waals surface area contributed by atoms with Gasteiger partial charge in [0.1, 0.15) is 11.6 Å². The first-order valence-corrected chi connectivity index (χ1v) is 11.6. The summed E-state index contributed by atoms with van der Waals surface area (Å²) in [5, 5.41) is 3.28. The number of rotatable bonds is 6. The van der Waals surface area contributed by atoms with Crippen LogP contribution in [-0.2, 0) is 4.79 Å². The van der Waals surface area contributed by atoms with E-state index in [1.165, 1.54) is 12.8 Å². The van der Waals surface area contributed by atoms with E-state index < -0.39 is 0 Å². The van der Waals surface area contributed by atoms with E-state index in [1.54, 1.807) is 12.4 Å². The number of pyridine rings is 1. The lowest BCUT2D eigenvalue weighted by Crippen LogP contribution is -2.41. The Morgan fingerprint density at radius 2 is 2.03 bits per heavy atom. The summed E-state index contributed by atoms with van der Waals surface area (Å²) in [5.41, 5.74) is 2.06. The first-order valence-electron chi connectivity index (χ1n) is 11.6. The quantitative estimate of drug-likeness (QED) is 0.764. The van der Waals surface area contributed by atoms with E-state index in [4.69, 9.17) is 4.98 Å². The van der Waals surface area contributed by atoms with Gasteiger partial charge in [0.15, 0.2) is 0 Å². The fraction of sp³-hybridized carbons (Fsp3) is 0.583. The lowest BCUT2D eigenvalue weighted by Gasteiger charge is -2.34. The number of hydrogen-bond acceptors (Lipinski definition) is 6. The number of carbonyl (C=O) groups is 1. The van der Waals surface area contributed by atoms with Crippen LogP contribution in [0.4, 0.5) is 11.6 Å². The Morgan fingerprint density at radius 3 is 2.81 bits per heavy atom. The van der Waals surface area contributed by atoms with Gasteiger partial charge in [-0.2, -0.15) is 0 Å². The molecule has 31 heavy (non-hydrogen) atoms. The third kappa shape index (κ3) is 5.79. The fourth-order valence-electron chi connectivity index (χ4n) is 4.70. The number of hydrogen-bond donors (Lipinski definition) is 1. The maximum absolute atomic E-state index is 12.7. The Balaban J connectivity index is 1.27. The van der Waals surface area contributed by atoms with Crippen LogP contribution in [0.1, 0.15) is 56.2 Å². The van der Waals surface area contributed by atoms with Gasteiger partial charge in [0.25, 0.3) is 0 Å². The van der Waals surface area contributed by atoms with Gasteiger partial charge in [-0.25, -0.2) is 9.97 Å². The number of anilines is 2. The Morgan fingerprint density at radius 1 is 1.19 bits per heavy atom. The molecule has 0 radical (unpaired) electrons. The third-order valence-corrected chi connectivity index (χ3v) is 6.56. The van der Waals surface area contributed by atoms with Crippen molar-refractivity contribution in [2.24, 2.45) is 5.92 Å². The smallest absolute Gasteiger partial charge is 0.223 e. The lowest BCUT2D eigenvalue weighted by atomic mass is 9.93. The molecule has 2 aliphatic heterocycles. The average molecular weight is 423 g/mol. The van der Waals surface area contributed by atoms with Crippen molar-refractivity contribution >= 4 is 17.5 Å². The van der Waals surface area contributed by atoms with Crippen molar-refractivity contribution in [3.63, 3.8) is 0 Å². The predicted molar refractivity (Wildman–Crippen MR) is 122 cm³/mol. The summed E-state index contributed by atoms with van der Waals surface area (Å²) in [6, 6.07) is 3.94. The minimum Gasteiger partial charge on any atom is -0.343 e. The van der Waals surface area contributed by atoms with Crippen LogP contribution in [0.2, 0.25) is 0 Å². The Bertz CT molecular complexity index is 880. The zero-order valence-corrected chi connectivity index (χ0v) is 18.8. The van der Waals surface area contributed by atoms with Gasteiger partial charge in [-0.05, 0) is 56.7 Å². The van der Waals surface area contributed by atoms with Gasteiger partial charge in [0.05, 0.1) is 11.9 Å². The molecule has 2 aromatic rings. The largest absolute Gasteiger partial charge is 0.343 e. The molecular weight excluding hydrogens is 388 g/mol. The highest BCUT2D eigenvalue weighted by molar-refractivity contribution is 5.76. The van der Waals surface area contributed by atoms with Crippen LogP contribution in [0.5, 0.6) is 0 Å². The molecule has 7 heteroatoms. The van der Waals surface area contributed by atoms with Crippen LogP contribution >= 0.6 is 0 Å². The van der Waals surface area contributed by atoms with Gasteiger partial charge in [-0.1, -0.05) is 13.0 Å². The Labute approximate surface area is 185 Å². The molecule has 1 N–H and O–H groups in total. The van der Waals surface area contributed by atoms with Crippen LogP contribution in [0.15, 0.2) is 30.7 Å². The number of aromatic nitrogens is 3. The second-order valence-corrected chi connectivity index (χ2v) is 9.08. The molecule has 166 valence electrons. The highest BCUT2D eigenvalue weighted by atomic mass is 16.2. The maximum atomic E-state index is 12.7. The van der Waals surface area contributed by atoms with Gasteiger partial charge in [-0.15, -0.1) is 0 Å². The number of piperidine rings is 2. The normalized spacial score (nSPS) is 20.6. The van der Waals surface area contributed by atoms with E-state index in [-0.39, 0.29) is 0 Å². The van der Waals surface area contributed by atoms with Crippen molar-refractivity contribution in [2.45, 2.75) is 51.9 Å². The topological polar surface area (TPSA) is 74.2 Å². The third-order valence-electron chi connectivity index (χ3n) is 6.56. The summed E-state index contributed by atoms with van der Waals surface area (Å²) in [7, 11) is 0. The SMILES string of the molecule is Cc1cccnc1Nc1cncc(C2CCN(C(=O)CCN3CCCC(C)C3)CC2)n1. The molecule has 2 fully saturated rings. The minimum atomic E-state index is 0.295. The number of nitrogens with one attached hydrogen (secondary N) is 1. The molecule has 1 unspecified atom stereocenters. The molecule has 4 rings (SSSR count). The number of carbonyl (C=O) groups excluding carboxylic acids is 1. The summed E-state index contributed by atoms with van der Waals surface area (Å²) >= 11 is 0. The van der Waals surface area contributed by atoms with Crippen LogP contribution in [0.25, 0.3) is 0 Å². The molecular formula is C24H34N6O. The first kappa shape index (κ1) is 21.7. The Hall–Kier alpha value is -2.54. The van der Waals surface area contributed by atoms with E-state index in [9.17, 15) is 4.79 Å². The van der Waals surface area contributed by atoms with Gasteiger partial charge in [0.2, 0.25) is 5.91 Å². The molecule has 7 nitrogen and oxygen atoms in total. The highest BCUT2D eigenvalue weighted by Crippen LogP contribution is 2.28. The molecule has 2 saturated heterocycles. The van der Waals surface area contributed by atoms with Gasteiger partial charge in [-0.3, -0.25) is 9.78 Å². The lowest BCUT2D eigenvalue weighted by molar-refractivity contribution is -0.132. The van der Waals surface area contributed by atoms with Crippen molar-refractivity contribution in [1.29, 1.82) is 0 Å². The number of amides is 1. The van der Waals surface area contributed by atoms with Crippen molar-refractivity contribution in [3.8, 4) is 0 Å². The summed E-state index contributed by atoms with van der Waals surface area (Å²) < 4.78 is 0. The fourth-order valence-corrected chi connectivity index (χ4v) is 4.70. The number of likely N-dealkylation sites (tertiary alicyclic amines) is 2. The van der Waals surface area contributed by atoms with Crippen LogP contribution in [0.3, 0.4) is 0 Å². The van der Waals surface area contributed by atoms with E-state index in [0.29, 0.717) is 24.1 Å². The van der Waals surface area contributed by atoms with E-state index in [1.807, 2.05) is 30.2 Å². The van der Waals surface area contributed by atoms with E-state index in [2.05, 4.69) is 27.1 Å². The zero-order chi connectivity index (χ0) is 21.6. The minimum absolute atomic E-state index is 0.295. The highest BCUT2D eigenvalue weighted by Gasteiger charge is 2.26. The van der Waals surface area contributed by atoms with Crippen LogP contribution < -0.4 is 5.32 Å². The molecule has 1 amide bonds. The zero-order valence-electron chi connectivity index (χ0n) is 18.8. The van der Waals surface area contributed by atoms with Gasteiger partial charge >= 0.3 is 0 Å². The van der Waals surface area contributed by atoms with Crippen molar-refractivity contribution < 1.29 is 4.79 Å². The Kier molecular flexibility index (Phi) is 7.12. The van der Waals surface area contributed by atoms with Crippen molar-refractivity contribution in [3.05, 3.63) is 42.0 Å². The summed E-state index contributed by atoms with van der Waals surface area (Å²) in [4.78, 5) is 30.7. The average Bonchev–Trinajstić information content (AvgIpc) is 2.79. The van der Waals surface area contributed by atoms with Crippen molar-refractivity contribution in [1.82, 2.24) is 24.8 Å². The van der Waals surface area contributed by atoms with Crippen LogP contribution in [-0.4, -0.2) is 63.4 Å². The number of aryl methyl sites for hydroxylation is 1. The second-order valence-electron chi connectivity index (χ2n) is 9.08. The molecule has 0 spiro atoms. The van der Waals surface area contributed by atoms with E-state index >= 15 is 0 Å². The van der Waals surface area contributed by atoms with Gasteiger partial charge < -0.3 is 15.1 Å². The molecule has 2 aliphatic rings. The molecule has 1 atom stereocenters. The van der Waals surface area contributed by atoms with E-state index in [0.717, 1.165) is 68.6 Å². The van der Waals surface area contributed by atoms with Gasteiger partial charge in [0, 0.05) is 50.9 Å². The summed E-state index contributed by atoms with van der Waals surface area (Å²) in [6.07, 6.45) is 10.5. The summed E-state index contributed by atoms with van der Waals surface area (Å²) in [6.45, 7) is 9.11. The molecule has 0 saturated carbocycles. The molecule has 0 aromatic carbocycles. The summed E-state index contributed by atoms with van der Waals surface area (Å²) in [5.74, 6) is 2.91. The second kappa shape index (κ2) is 10.2.